The highest BCUT2D eigenvalue weighted by molar-refractivity contribution is 7.91. The molecule has 1 N–H and O–H groups in total. The predicted molar refractivity (Wildman–Crippen MR) is 125 cm³/mol. The quantitative estimate of drug-likeness (QED) is 0.477. The van der Waals surface area contributed by atoms with Crippen molar-refractivity contribution in [1.29, 1.82) is 0 Å². The molecule has 10 heteroatoms. The molecule has 3 aromatic rings. The van der Waals surface area contributed by atoms with E-state index in [-0.39, 0.29) is 11.8 Å². The Bertz CT molecular complexity index is 1150. The number of hydrogen-bond acceptors (Lipinski definition) is 6. The third kappa shape index (κ3) is 4.88. The zero-order valence-corrected chi connectivity index (χ0v) is 19.7. The molecule has 1 amide bonds. The van der Waals surface area contributed by atoms with Crippen LogP contribution in [0.25, 0.3) is 11.0 Å². The number of nitrogens with zero attached hydrogens (tertiary/aromatic N) is 3. The molecule has 4 rings (SSSR count). The second-order valence-electron chi connectivity index (χ2n) is 7.73. The van der Waals surface area contributed by atoms with Crippen LogP contribution in [0.15, 0.2) is 46.0 Å². The monoisotopic (exact) mass is 476 g/mol. The molecule has 1 aliphatic heterocycles. The van der Waals surface area contributed by atoms with Gasteiger partial charge in [-0.05, 0) is 49.8 Å². The smallest absolute Gasteiger partial charge is 0.252 e. The number of carbonyl (C=O) groups is 1. The van der Waals surface area contributed by atoms with Gasteiger partial charge in [0, 0.05) is 38.8 Å². The number of imidazole rings is 1. The minimum atomic E-state index is -3.47. The summed E-state index contributed by atoms with van der Waals surface area (Å²) in [6.07, 6.45) is 1.79. The summed E-state index contributed by atoms with van der Waals surface area (Å²) in [5.41, 5.74) is 1.80. The zero-order chi connectivity index (χ0) is 22.6. The van der Waals surface area contributed by atoms with Gasteiger partial charge in [0.1, 0.15) is 4.21 Å². The molecule has 1 aliphatic rings. The van der Waals surface area contributed by atoms with Crippen molar-refractivity contribution in [3.05, 3.63) is 41.8 Å². The van der Waals surface area contributed by atoms with Gasteiger partial charge in [0.25, 0.3) is 10.0 Å². The number of aryl methyl sites for hydroxylation is 1. The molecule has 3 heterocycles. The first-order valence-electron chi connectivity index (χ1n) is 10.9. The molecule has 0 atom stereocenters. The molecular weight excluding hydrogens is 448 g/mol. The average molecular weight is 477 g/mol. The Morgan fingerprint density at radius 3 is 2.72 bits per heavy atom. The molecule has 0 unspecified atom stereocenters. The maximum atomic E-state index is 13.0. The summed E-state index contributed by atoms with van der Waals surface area (Å²) >= 11 is 1.22. The third-order valence-corrected chi connectivity index (χ3v) is 8.95. The van der Waals surface area contributed by atoms with Crippen molar-refractivity contribution < 1.29 is 17.9 Å². The lowest BCUT2D eigenvalue weighted by Gasteiger charge is -2.30. The van der Waals surface area contributed by atoms with Crippen LogP contribution in [0.3, 0.4) is 0 Å². The first-order chi connectivity index (χ1) is 15.5. The van der Waals surface area contributed by atoms with Crippen molar-refractivity contribution in [3.8, 4) is 0 Å². The molecular formula is C22H28N4O4S2. The molecule has 0 spiro atoms. The van der Waals surface area contributed by atoms with Crippen LogP contribution in [-0.2, 0) is 26.1 Å². The van der Waals surface area contributed by atoms with Crippen LogP contribution in [0.5, 0.6) is 0 Å². The maximum absolute atomic E-state index is 13.0. The van der Waals surface area contributed by atoms with Crippen molar-refractivity contribution in [3.63, 3.8) is 0 Å². The highest BCUT2D eigenvalue weighted by atomic mass is 32.2. The van der Waals surface area contributed by atoms with Gasteiger partial charge in [0.15, 0.2) is 0 Å². The summed E-state index contributed by atoms with van der Waals surface area (Å²) in [7, 11) is -3.47. The molecule has 1 saturated heterocycles. The van der Waals surface area contributed by atoms with E-state index in [1.165, 1.54) is 15.6 Å². The molecule has 0 radical (unpaired) electrons. The van der Waals surface area contributed by atoms with Crippen LogP contribution in [0, 0.1) is 5.92 Å². The second-order valence-corrected chi connectivity index (χ2v) is 10.8. The number of rotatable bonds is 9. The topological polar surface area (TPSA) is 93.5 Å². The number of aromatic nitrogens is 2. The fraction of sp³-hybridized carbons (Fsp3) is 0.455. The summed E-state index contributed by atoms with van der Waals surface area (Å²) in [6, 6.07) is 11.2. The highest BCUT2D eigenvalue weighted by Crippen LogP contribution is 2.27. The van der Waals surface area contributed by atoms with E-state index < -0.39 is 10.0 Å². The summed E-state index contributed by atoms with van der Waals surface area (Å²) in [6.45, 7) is 4.65. The van der Waals surface area contributed by atoms with E-state index in [1.54, 1.807) is 17.5 Å². The lowest BCUT2D eigenvalue weighted by Crippen LogP contribution is -2.41. The standard InChI is InChI=1S/C22H28N4O4S2/c1-2-30-15-6-12-26-19-8-4-3-7-18(19)23-22(26)24-21(27)17-10-13-25(14-11-17)32(28,29)20-9-5-16-31-20/h3-5,7-9,16-17H,2,6,10-15H2,1H3,(H,23,24,27). The number of sulfonamides is 1. The van der Waals surface area contributed by atoms with Crippen LogP contribution < -0.4 is 5.32 Å². The first kappa shape index (κ1) is 22.9. The summed E-state index contributed by atoms with van der Waals surface area (Å²) in [5, 5.41) is 4.76. The Morgan fingerprint density at radius 2 is 2.00 bits per heavy atom. The van der Waals surface area contributed by atoms with Gasteiger partial charge in [-0.25, -0.2) is 13.4 Å². The van der Waals surface area contributed by atoms with E-state index in [0.29, 0.717) is 55.8 Å². The van der Waals surface area contributed by atoms with E-state index in [9.17, 15) is 13.2 Å². The van der Waals surface area contributed by atoms with E-state index >= 15 is 0 Å². The third-order valence-electron chi connectivity index (χ3n) is 5.68. The Labute approximate surface area is 192 Å². The molecule has 0 bridgehead atoms. The van der Waals surface area contributed by atoms with Gasteiger partial charge in [0.05, 0.1) is 11.0 Å². The first-order valence-corrected chi connectivity index (χ1v) is 13.2. The van der Waals surface area contributed by atoms with Crippen molar-refractivity contribution >= 4 is 44.2 Å². The zero-order valence-electron chi connectivity index (χ0n) is 18.1. The number of benzene rings is 1. The van der Waals surface area contributed by atoms with Crippen molar-refractivity contribution in [2.75, 3.05) is 31.6 Å². The molecule has 0 saturated carbocycles. The van der Waals surface area contributed by atoms with Crippen molar-refractivity contribution in [1.82, 2.24) is 13.9 Å². The van der Waals surface area contributed by atoms with Gasteiger partial charge in [-0.1, -0.05) is 18.2 Å². The number of nitrogens with one attached hydrogen (secondary N) is 1. The second kappa shape index (κ2) is 10.1. The summed E-state index contributed by atoms with van der Waals surface area (Å²) in [4.78, 5) is 17.6. The van der Waals surface area contributed by atoms with E-state index in [1.807, 2.05) is 35.8 Å². The van der Waals surface area contributed by atoms with E-state index in [2.05, 4.69) is 10.3 Å². The molecule has 32 heavy (non-hydrogen) atoms. The fourth-order valence-corrected chi connectivity index (χ4v) is 6.59. The predicted octanol–water partition coefficient (Wildman–Crippen LogP) is 3.56. The Morgan fingerprint density at radius 1 is 1.22 bits per heavy atom. The van der Waals surface area contributed by atoms with Crippen LogP contribution >= 0.6 is 11.3 Å². The van der Waals surface area contributed by atoms with Gasteiger partial charge in [0.2, 0.25) is 11.9 Å². The molecule has 1 fully saturated rings. The van der Waals surface area contributed by atoms with Crippen LogP contribution in [0.2, 0.25) is 0 Å². The Hall–Kier alpha value is -2.27. The fourth-order valence-electron chi connectivity index (χ4n) is 3.97. The normalized spacial score (nSPS) is 15.9. The van der Waals surface area contributed by atoms with Gasteiger partial charge < -0.3 is 9.30 Å². The number of hydrogen-bond donors (Lipinski definition) is 1. The van der Waals surface area contributed by atoms with E-state index in [0.717, 1.165) is 17.5 Å². The number of ether oxygens (including phenoxy) is 1. The number of amides is 1. The van der Waals surface area contributed by atoms with Crippen LogP contribution in [0.4, 0.5) is 5.95 Å². The van der Waals surface area contributed by atoms with Gasteiger partial charge in [-0.2, -0.15) is 4.31 Å². The summed E-state index contributed by atoms with van der Waals surface area (Å²) in [5.74, 6) is 0.169. The average Bonchev–Trinajstić information content (AvgIpc) is 3.46. The Balaban J connectivity index is 1.42. The number of anilines is 1. The molecule has 2 aromatic heterocycles. The SMILES string of the molecule is CCOCCCn1c(NC(=O)C2CCN(S(=O)(=O)c3cccs3)CC2)nc2ccccc21. The number of carbonyl (C=O) groups excluding carboxylic acids is 1. The lowest BCUT2D eigenvalue weighted by atomic mass is 9.97. The largest absolute Gasteiger partial charge is 0.382 e. The van der Waals surface area contributed by atoms with Crippen molar-refractivity contribution in [2.24, 2.45) is 5.92 Å². The van der Waals surface area contributed by atoms with Gasteiger partial charge in [-0.15, -0.1) is 11.3 Å². The number of fused-ring (bicyclic) bond motifs is 1. The molecule has 1 aromatic carbocycles. The molecule has 0 aliphatic carbocycles. The number of thiophene rings is 1. The Kier molecular flexibility index (Phi) is 7.24. The van der Waals surface area contributed by atoms with E-state index in [4.69, 9.17) is 4.74 Å². The minimum Gasteiger partial charge on any atom is -0.382 e. The maximum Gasteiger partial charge on any atom is 0.252 e. The number of para-hydroxylation sites is 2. The van der Waals surface area contributed by atoms with Crippen LogP contribution in [-0.4, -0.2) is 54.5 Å². The minimum absolute atomic E-state index is 0.112. The highest BCUT2D eigenvalue weighted by Gasteiger charge is 2.33. The van der Waals surface area contributed by atoms with Crippen LogP contribution in [0.1, 0.15) is 26.2 Å². The lowest BCUT2D eigenvalue weighted by molar-refractivity contribution is -0.121. The van der Waals surface area contributed by atoms with Crippen molar-refractivity contribution in [2.45, 2.75) is 36.9 Å². The van der Waals surface area contributed by atoms with Gasteiger partial charge in [-0.3, -0.25) is 10.1 Å². The van der Waals surface area contributed by atoms with Gasteiger partial charge >= 0.3 is 0 Å². The molecule has 172 valence electrons. The number of piperidine rings is 1. The molecule has 8 nitrogen and oxygen atoms in total. The summed E-state index contributed by atoms with van der Waals surface area (Å²) < 4.78 is 34.7.